The van der Waals surface area contributed by atoms with E-state index in [0.29, 0.717) is 10.6 Å². The van der Waals surface area contributed by atoms with Crippen molar-refractivity contribution >= 4 is 55.9 Å². The molecule has 3 amide bonds. The van der Waals surface area contributed by atoms with Gasteiger partial charge in [-0.05, 0) is 45.0 Å². The highest BCUT2D eigenvalue weighted by Gasteiger charge is 2.40. The van der Waals surface area contributed by atoms with E-state index in [1.54, 1.807) is 45.0 Å². The molecule has 2 heterocycles. The van der Waals surface area contributed by atoms with E-state index in [0.717, 1.165) is 9.58 Å². The quantitative estimate of drug-likeness (QED) is 0.223. The van der Waals surface area contributed by atoms with Gasteiger partial charge in [0.05, 0.1) is 17.7 Å². The number of rotatable bonds is 10. The number of benzene rings is 3. The number of likely N-dealkylation sites (tertiary alicyclic amines) is 1. The average molecular weight is 703 g/mol. The van der Waals surface area contributed by atoms with Crippen molar-refractivity contribution < 1.29 is 36.3 Å². The molecule has 16 heteroatoms. The van der Waals surface area contributed by atoms with Crippen molar-refractivity contribution in [2.45, 2.75) is 51.5 Å². The number of nitrogens with one attached hydrogen (secondary N) is 2. The van der Waals surface area contributed by atoms with Crippen LogP contribution in [0.15, 0.2) is 60.7 Å². The lowest BCUT2D eigenvalue weighted by molar-refractivity contribution is -0.137. The maximum absolute atomic E-state index is 15.5. The van der Waals surface area contributed by atoms with Gasteiger partial charge >= 0.3 is 0 Å². The first-order chi connectivity index (χ1) is 22.5. The number of hydrogen-bond donors (Lipinski definition) is 3. The summed E-state index contributed by atoms with van der Waals surface area (Å²) < 4.78 is 64.2. The number of sulfonamides is 1. The highest BCUT2D eigenvalue weighted by Crippen LogP contribution is 2.33. The van der Waals surface area contributed by atoms with Gasteiger partial charge in [0.15, 0.2) is 11.5 Å². The number of fused-ring (bicyclic) bond motifs is 1. The predicted molar refractivity (Wildman–Crippen MR) is 176 cm³/mol. The van der Waals surface area contributed by atoms with E-state index >= 15 is 4.39 Å². The van der Waals surface area contributed by atoms with Crippen LogP contribution in [0.1, 0.15) is 37.7 Å². The Bertz CT molecular complexity index is 2020. The number of amides is 3. The summed E-state index contributed by atoms with van der Waals surface area (Å²) in [5.74, 6) is -3.79. The second-order valence-electron chi connectivity index (χ2n) is 12.3. The zero-order valence-corrected chi connectivity index (χ0v) is 27.7. The Morgan fingerprint density at radius 3 is 2.48 bits per heavy atom. The van der Waals surface area contributed by atoms with Crippen LogP contribution in [0.2, 0.25) is 5.02 Å². The number of primary amides is 1. The molecule has 1 aliphatic heterocycles. The molecule has 1 aliphatic rings. The molecule has 254 valence electrons. The number of carbonyl (C=O) groups excluding carboxylic acids is 3. The number of anilines is 1. The lowest BCUT2D eigenvalue weighted by Gasteiger charge is -2.24. The van der Waals surface area contributed by atoms with E-state index in [2.05, 4.69) is 15.1 Å². The lowest BCUT2D eigenvalue weighted by atomic mass is 10.0. The molecule has 0 saturated carbocycles. The molecule has 12 nitrogen and oxygen atoms in total. The zero-order valence-electron chi connectivity index (χ0n) is 26.2. The summed E-state index contributed by atoms with van der Waals surface area (Å²) in [6.45, 7) is 4.08. The van der Waals surface area contributed by atoms with Crippen molar-refractivity contribution in [1.82, 2.24) is 19.4 Å². The molecule has 0 spiro atoms. The maximum atomic E-state index is 15.5. The van der Waals surface area contributed by atoms with Crippen LogP contribution in [-0.2, 0) is 26.2 Å². The van der Waals surface area contributed by atoms with Gasteiger partial charge < -0.3 is 20.7 Å². The third kappa shape index (κ3) is 7.75. The highest BCUT2D eigenvalue weighted by atomic mass is 35.5. The van der Waals surface area contributed by atoms with E-state index in [4.69, 9.17) is 22.1 Å². The molecule has 5 rings (SSSR count). The molecule has 0 aliphatic carbocycles. The van der Waals surface area contributed by atoms with Crippen LogP contribution >= 0.6 is 11.6 Å². The van der Waals surface area contributed by atoms with Gasteiger partial charge in [-0.15, -0.1) is 0 Å². The largest absolute Gasteiger partial charge is 0.476 e. The van der Waals surface area contributed by atoms with Gasteiger partial charge in [0.2, 0.25) is 27.8 Å². The standard InChI is InChI=1S/C32H33ClF2N6O6S/c1-32(2,3)39-48(45,46)17-47-19-11-12-22-25(14-19)41(38-29(22)30(36)43)16-27(42)40-15-18(34)13-26(40)31(44)37-24-10-6-8-21(28(24)35)20-7-4-5-9-23(20)33/h4-12,14,18,26,39H,13,15-17H2,1-3H3,(H2,36,43)(H,37,44)/t18-,26+/m1/s1. The van der Waals surface area contributed by atoms with Gasteiger partial charge in [0, 0.05) is 39.6 Å². The third-order valence-electron chi connectivity index (χ3n) is 7.38. The van der Waals surface area contributed by atoms with Gasteiger partial charge in [-0.2, -0.15) is 5.10 Å². The van der Waals surface area contributed by atoms with Gasteiger partial charge in [-0.3, -0.25) is 19.1 Å². The monoisotopic (exact) mass is 702 g/mol. The molecule has 0 unspecified atom stereocenters. The second kappa shape index (κ2) is 13.5. The summed E-state index contributed by atoms with van der Waals surface area (Å²) in [6, 6.07) is 13.9. The van der Waals surface area contributed by atoms with Gasteiger partial charge in [0.1, 0.15) is 24.5 Å². The minimum absolute atomic E-state index is 0.0923. The molecule has 1 aromatic heterocycles. The number of nitrogens with zero attached hydrogens (tertiary/aromatic N) is 3. The van der Waals surface area contributed by atoms with E-state index in [1.165, 1.54) is 36.4 Å². The molecule has 4 aromatic rings. The van der Waals surface area contributed by atoms with Crippen molar-refractivity contribution in [3.05, 3.63) is 77.2 Å². The van der Waals surface area contributed by atoms with Crippen LogP contribution in [0, 0.1) is 5.82 Å². The minimum atomic E-state index is -3.84. The topological polar surface area (TPSA) is 166 Å². The molecule has 0 radical (unpaired) electrons. The Labute approximate surface area is 280 Å². The Morgan fingerprint density at radius 2 is 1.79 bits per heavy atom. The molecule has 4 N–H and O–H groups in total. The summed E-state index contributed by atoms with van der Waals surface area (Å²) in [7, 11) is -3.84. The van der Waals surface area contributed by atoms with Crippen LogP contribution in [0.25, 0.3) is 22.0 Å². The number of ether oxygens (including phenoxy) is 1. The van der Waals surface area contributed by atoms with Crippen LogP contribution in [0.5, 0.6) is 5.75 Å². The third-order valence-corrected chi connectivity index (χ3v) is 9.06. The van der Waals surface area contributed by atoms with Gasteiger partial charge in [-0.1, -0.05) is 41.9 Å². The first-order valence-electron chi connectivity index (χ1n) is 14.8. The van der Waals surface area contributed by atoms with Crippen molar-refractivity contribution in [3.8, 4) is 16.9 Å². The summed E-state index contributed by atoms with van der Waals surface area (Å²) in [5.41, 5.74) is 5.18. The van der Waals surface area contributed by atoms with Crippen LogP contribution in [-0.4, -0.2) is 71.1 Å². The summed E-state index contributed by atoms with van der Waals surface area (Å²) in [4.78, 5) is 40.1. The molecule has 2 atom stereocenters. The Kier molecular flexibility index (Phi) is 9.76. The summed E-state index contributed by atoms with van der Waals surface area (Å²) in [6.07, 6.45) is -1.87. The molecular formula is C32H33ClF2N6O6S. The Balaban J connectivity index is 1.37. The van der Waals surface area contributed by atoms with Crippen molar-refractivity contribution in [2.75, 3.05) is 17.8 Å². The predicted octanol–water partition coefficient (Wildman–Crippen LogP) is 4.23. The zero-order chi connectivity index (χ0) is 35.0. The van der Waals surface area contributed by atoms with Crippen LogP contribution in [0.3, 0.4) is 0 Å². The molecule has 1 fully saturated rings. The number of halogens is 3. The average Bonchev–Trinajstić information content (AvgIpc) is 3.57. The number of aromatic nitrogens is 2. The van der Waals surface area contributed by atoms with Gasteiger partial charge in [-0.25, -0.2) is 21.9 Å². The van der Waals surface area contributed by atoms with E-state index < -0.39 is 70.3 Å². The molecular weight excluding hydrogens is 670 g/mol. The fourth-order valence-electron chi connectivity index (χ4n) is 5.45. The first kappa shape index (κ1) is 34.7. The fourth-order valence-corrected chi connectivity index (χ4v) is 6.97. The normalized spacial score (nSPS) is 16.7. The van der Waals surface area contributed by atoms with E-state index in [1.807, 2.05) is 0 Å². The first-order valence-corrected chi connectivity index (χ1v) is 16.8. The van der Waals surface area contributed by atoms with Crippen LogP contribution in [0.4, 0.5) is 14.5 Å². The van der Waals surface area contributed by atoms with Crippen LogP contribution < -0.4 is 20.5 Å². The Hall–Kier alpha value is -4.60. The van der Waals surface area contributed by atoms with Crippen molar-refractivity contribution in [2.24, 2.45) is 5.73 Å². The highest BCUT2D eigenvalue weighted by molar-refractivity contribution is 7.89. The second-order valence-corrected chi connectivity index (χ2v) is 14.4. The number of alkyl halides is 1. The van der Waals surface area contributed by atoms with E-state index in [9.17, 15) is 27.2 Å². The molecule has 0 bridgehead atoms. The minimum Gasteiger partial charge on any atom is -0.476 e. The Morgan fingerprint density at radius 1 is 1.08 bits per heavy atom. The lowest BCUT2D eigenvalue weighted by Crippen LogP contribution is -2.44. The fraction of sp³-hybridized carbons (Fsp3) is 0.312. The van der Waals surface area contributed by atoms with Gasteiger partial charge in [0.25, 0.3) is 5.91 Å². The smallest absolute Gasteiger partial charge is 0.269 e. The van der Waals surface area contributed by atoms with Crippen molar-refractivity contribution in [3.63, 3.8) is 0 Å². The molecule has 48 heavy (non-hydrogen) atoms. The summed E-state index contributed by atoms with van der Waals surface area (Å²) >= 11 is 6.24. The molecule has 1 saturated heterocycles. The number of hydrogen-bond acceptors (Lipinski definition) is 7. The number of carbonyl (C=O) groups is 3. The maximum Gasteiger partial charge on any atom is 0.269 e. The summed E-state index contributed by atoms with van der Waals surface area (Å²) in [5, 5.41) is 7.20. The van der Waals surface area contributed by atoms with Crippen molar-refractivity contribution in [1.29, 1.82) is 0 Å². The number of nitrogens with two attached hydrogens (primary N) is 1. The van der Waals surface area contributed by atoms with E-state index in [-0.39, 0.29) is 40.0 Å². The molecule has 3 aromatic carbocycles. The SMILES string of the molecule is CC(C)(C)NS(=O)(=O)COc1ccc2c(C(N)=O)nn(CC(=O)N3C[C@H](F)C[C@H]3C(=O)Nc3cccc(-c4ccccc4Cl)c3F)c2c1.